The zero-order valence-electron chi connectivity index (χ0n) is 15.8. The normalized spacial score (nSPS) is 10.5. The predicted octanol–water partition coefficient (Wildman–Crippen LogP) is 5.16. The summed E-state index contributed by atoms with van der Waals surface area (Å²) in [6.07, 6.45) is 1.57. The second-order valence-corrected chi connectivity index (χ2v) is 6.34. The summed E-state index contributed by atoms with van der Waals surface area (Å²) in [6.45, 7) is 0.426. The number of benzene rings is 3. The molecule has 0 aliphatic rings. The fourth-order valence-electron chi connectivity index (χ4n) is 2.87. The first kappa shape index (κ1) is 18.4. The van der Waals surface area contributed by atoms with E-state index in [2.05, 4.69) is 10.2 Å². The third kappa shape index (κ3) is 4.32. The number of methoxy groups -OCH3 is 1. The van der Waals surface area contributed by atoms with Crippen molar-refractivity contribution in [1.82, 2.24) is 10.2 Å². The first-order chi connectivity index (χ1) is 14.2. The van der Waals surface area contributed by atoms with Crippen LogP contribution in [-0.2, 0) is 6.61 Å². The van der Waals surface area contributed by atoms with Crippen LogP contribution < -0.4 is 14.2 Å². The van der Waals surface area contributed by atoms with Crippen LogP contribution in [0, 0.1) is 0 Å². The number of nitrogens with one attached hydrogen (secondary N) is 1. The van der Waals surface area contributed by atoms with Crippen LogP contribution in [0.25, 0.3) is 11.3 Å². The molecule has 1 aromatic heterocycles. The SMILES string of the molecule is COc1ccc(Oc2cn[nH]c2-c2ccc(OCc3ccccc3)cc2O)cc1. The number of rotatable bonds is 7. The largest absolute Gasteiger partial charge is 0.507 e. The minimum Gasteiger partial charge on any atom is -0.507 e. The molecule has 4 aromatic rings. The highest BCUT2D eigenvalue weighted by Crippen LogP contribution is 2.38. The number of H-pyrrole nitrogens is 1. The number of aromatic nitrogens is 2. The molecule has 3 aromatic carbocycles. The van der Waals surface area contributed by atoms with E-state index in [4.69, 9.17) is 14.2 Å². The van der Waals surface area contributed by atoms with Gasteiger partial charge in [-0.15, -0.1) is 0 Å². The number of aromatic hydroxyl groups is 1. The summed E-state index contributed by atoms with van der Waals surface area (Å²) < 4.78 is 16.8. The Morgan fingerprint density at radius 2 is 1.62 bits per heavy atom. The molecule has 1 heterocycles. The number of ether oxygens (including phenoxy) is 3. The standard InChI is InChI=1S/C23H20N2O4/c1-27-17-7-9-18(10-8-17)29-22-14-24-25-23(22)20-12-11-19(13-21(20)26)28-15-16-5-3-2-4-6-16/h2-14,26H,15H2,1H3,(H,24,25). The molecule has 29 heavy (non-hydrogen) atoms. The molecular weight excluding hydrogens is 368 g/mol. The molecule has 0 aliphatic heterocycles. The molecule has 0 spiro atoms. The van der Waals surface area contributed by atoms with Gasteiger partial charge in [-0.3, -0.25) is 5.10 Å². The van der Waals surface area contributed by atoms with Gasteiger partial charge in [0.25, 0.3) is 0 Å². The fraction of sp³-hybridized carbons (Fsp3) is 0.0870. The third-order valence-electron chi connectivity index (χ3n) is 4.38. The van der Waals surface area contributed by atoms with Crippen LogP contribution >= 0.6 is 0 Å². The lowest BCUT2D eigenvalue weighted by molar-refractivity contribution is 0.304. The first-order valence-electron chi connectivity index (χ1n) is 9.08. The maximum atomic E-state index is 10.5. The topological polar surface area (TPSA) is 76.6 Å². The summed E-state index contributed by atoms with van der Waals surface area (Å²) in [5.41, 5.74) is 2.20. The number of hydrogen-bond acceptors (Lipinski definition) is 5. The summed E-state index contributed by atoms with van der Waals surface area (Å²) in [5, 5.41) is 17.5. The molecule has 0 unspecified atom stereocenters. The third-order valence-corrected chi connectivity index (χ3v) is 4.38. The van der Waals surface area contributed by atoms with Crippen molar-refractivity contribution >= 4 is 0 Å². The van der Waals surface area contributed by atoms with Gasteiger partial charge in [-0.2, -0.15) is 5.10 Å². The molecule has 0 amide bonds. The molecule has 0 saturated carbocycles. The molecular formula is C23H20N2O4. The Balaban J connectivity index is 1.50. The molecule has 0 fully saturated rings. The molecule has 0 bridgehead atoms. The van der Waals surface area contributed by atoms with Gasteiger partial charge in [0.1, 0.15) is 35.3 Å². The van der Waals surface area contributed by atoms with Gasteiger partial charge in [-0.05, 0) is 42.0 Å². The second-order valence-electron chi connectivity index (χ2n) is 6.34. The van der Waals surface area contributed by atoms with Gasteiger partial charge in [-0.1, -0.05) is 30.3 Å². The van der Waals surface area contributed by atoms with Crippen molar-refractivity contribution in [2.45, 2.75) is 6.61 Å². The quantitative estimate of drug-likeness (QED) is 0.457. The Bertz CT molecular complexity index is 1080. The predicted molar refractivity (Wildman–Crippen MR) is 110 cm³/mol. The Morgan fingerprint density at radius 1 is 0.897 bits per heavy atom. The Labute approximate surface area is 168 Å². The van der Waals surface area contributed by atoms with Gasteiger partial charge in [0, 0.05) is 11.6 Å². The average molecular weight is 388 g/mol. The Kier molecular flexibility index (Phi) is 5.33. The van der Waals surface area contributed by atoms with Crippen molar-refractivity contribution in [3.63, 3.8) is 0 Å². The van der Waals surface area contributed by atoms with E-state index in [0.29, 0.717) is 35.1 Å². The lowest BCUT2D eigenvalue weighted by Crippen LogP contribution is -1.95. The van der Waals surface area contributed by atoms with E-state index in [0.717, 1.165) is 11.3 Å². The van der Waals surface area contributed by atoms with Crippen LogP contribution in [0.3, 0.4) is 0 Å². The van der Waals surface area contributed by atoms with E-state index in [9.17, 15) is 5.11 Å². The van der Waals surface area contributed by atoms with Crippen molar-refractivity contribution in [2.75, 3.05) is 7.11 Å². The van der Waals surface area contributed by atoms with Crippen LogP contribution in [0.15, 0.2) is 79.0 Å². The van der Waals surface area contributed by atoms with Crippen LogP contribution in [0.2, 0.25) is 0 Å². The molecule has 0 saturated heterocycles. The maximum absolute atomic E-state index is 10.5. The highest BCUT2D eigenvalue weighted by atomic mass is 16.5. The van der Waals surface area contributed by atoms with Gasteiger partial charge in [-0.25, -0.2) is 0 Å². The highest BCUT2D eigenvalue weighted by Gasteiger charge is 2.15. The summed E-state index contributed by atoms with van der Waals surface area (Å²) in [5.74, 6) is 2.53. The number of phenolic OH excluding ortho intramolecular Hbond substituents is 1. The molecule has 146 valence electrons. The summed E-state index contributed by atoms with van der Waals surface area (Å²) >= 11 is 0. The van der Waals surface area contributed by atoms with E-state index in [1.165, 1.54) is 0 Å². The molecule has 2 N–H and O–H groups in total. The lowest BCUT2D eigenvalue weighted by Gasteiger charge is -2.10. The van der Waals surface area contributed by atoms with Crippen molar-refractivity contribution < 1.29 is 19.3 Å². The number of nitrogens with zero attached hydrogens (tertiary/aromatic N) is 1. The summed E-state index contributed by atoms with van der Waals surface area (Å²) in [6, 6.07) is 22.2. The lowest BCUT2D eigenvalue weighted by atomic mass is 10.1. The Hall–Kier alpha value is -3.93. The minimum absolute atomic E-state index is 0.0689. The molecule has 6 nitrogen and oxygen atoms in total. The minimum atomic E-state index is 0.0689. The highest BCUT2D eigenvalue weighted by molar-refractivity contribution is 5.73. The number of phenols is 1. The zero-order valence-corrected chi connectivity index (χ0v) is 15.8. The molecule has 6 heteroatoms. The van der Waals surface area contributed by atoms with Gasteiger partial charge >= 0.3 is 0 Å². The van der Waals surface area contributed by atoms with E-state index >= 15 is 0 Å². The van der Waals surface area contributed by atoms with Crippen molar-refractivity contribution in [1.29, 1.82) is 0 Å². The van der Waals surface area contributed by atoms with E-state index in [-0.39, 0.29) is 5.75 Å². The molecule has 0 radical (unpaired) electrons. The van der Waals surface area contributed by atoms with Crippen LogP contribution in [0.5, 0.6) is 28.7 Å². The second kappa shape index (κ2) is 8.39. The fourth-order valence-corrected chi connectivity index (χ4v) is 2.87. The van der Waals surface area contributed by atoms with Crippen LogP contribution in [0.1, 0.15) is 5.56 Å². The summed E-state index contributed by atoms with van der Waals surface area (Å²) in [7, 11) is 1.61. The zero-order chi connectivity index (χ0) is 20.1. The number of aromatic amines is 1. The van der Waals surface area contributed by atoms with Gasteiger partial charge in [0.2, 0.25) is 0 Å². The maximum Gasteiger partial charge on any atom is 0.173 e. The first-order valence-corrected chi connectivity index (χ1v) is 9.08. The molecule has 0 atom stereocenters. The van der Waals surface area contributed by atoms with Gasteiger partial charge < -0.3 is 19.3 Å². The smallest absolute Gasteiger partial charge is 0.173 e. The Morgan fingerprint density at radius 3 is 2.34 bits per heavy atom. The van der Waals surface area contributed by atoms with E-state index < -0.39 is 0 Å². The van der Waals surface area contributed by atoms with Crippen LogP contribution in [0.4, 0.5) is 0 Å². The van der Waals surface area contributed by atoms with Crippen molar-refractivity contribution in [3.8, 4) is 40.0 Å². The number of hydrogen-bond donors (Lipinski definition) is 2. The van der Waals surface area contributed by atoms with Gasteiger partial charge in [0.05, 0.1) is 13.3 Å². The summed E-state index contributed by atoms with van der Waals surface area (Å²) in [4.78, 5) is 0. The monoisotopic (exact) mass is 388 g/mol. The molecule has 4 rings (SSSR count). The van der Waals surface area contributed by atoms with Gasteiger partial charge in [0.15, 0.2) is 5.75 Å². The van der Waals surface area contributed by atoms with E-state index in [1.807, 2.05) is 42.5 Å². The van der Waals surface area contributed by atoms with E-state index in [1.54, 1.807) is 43.6 Å². The van der Waals surface area contributed by atoms with Crippen LogP contribution in [-0.4, -0.2) is 22.4 Å². The molecule has 0 aliphatic carbocycles. The van der Waals surface area contributed by atoms with Crippen molar-refractivity contribution in [2.24, 2.45) is 0 Å². The average Bonchev–Trinajstić information content (AvgIpc) is 3.21. The van der Waals surface area contributed by atoms with Crippen molar-refractivity contribution in [3.05, 3.63) is 84.6 Å².